The molecule has 0 saturated carbocycles. The monoisotopic (exact) mass is 267 g/mol. The first-order chi connectivity index (χ1) is 8.65. The van der Waals surface area contributed by atoms with Crippen LogP contribution >= 0.6 is 11.3 Å². The van der Waals surface area contributed by atoms with Gasteiger partial charge in [-0.15, -0.1) is 11.3 Å². The Hall–Kier alpha value is -0.940. The SMILES string of the molecule is Cc1nc(C)c(CC(=O)NCCN2CCCC2)s1. The second-order valence-corrected chi connectivity index (χ2v) is 6.10. The molecule has 1 N–H and O–H groups in total. The van der Waals surface area contributed by atoms with Gasteiger partial charge in [-0.25, -0.2) is 4.98 Å². The first-order valence-electron chi connectivity index (χ1n) is 6.57. The largest absolute Gasteiger partial charge is 0.355 e. The minimum Gasteiger partial charge on any atom is -0.355 e. The molecule has 0 atom stereocenters. The summed E-state index contributed by atoms with van der Waals surface area (Å²) in [5, 5.41) is 4.03. The van der Waals surface area contributed by atoms with Gasteiger partial charge < -0.3 is 10.2 Å². The quantitative estimate of drug-likeness (QED) is 0.879. The van der Waals surface area contributed by atoms with Crippen LogP contribution in [-0.4, -0.2) is 42.0 Å². The molecule has 100 valence electrons. The fraction of sp³-hybridized carbons (Fsp3) is 0.692. The van der Waals surface area contributed by atoms with E-state index < -0.39 is 0 Å². The first-order valence-corrected chi connectivity index (χ1v) is 7.39. The van der Waals surface area contributed by atoms with Gasteiger partial charge in [0.15, 0.2) is 0 Å². The highest BCUT2D eigenvalue weighted by molar-refractivity contribution is 7.11. The summed E-state index contributed by atoms with van der Waals surface area (Å²) >= 11 is 1.62. The summed E-state index contributed by atoms with van der Waals surface area (Å²) < 4.78 is 0. The minimum absolute atomic E-state index is 0.112. The summed E-state index contributed by atoms with van der Waals surface area (Å²) in [6.07, 6.45) is 3.07. The number of hydrogen-bond donors (Lipinski definition) is 1. The normalized spacial score (nSPS) is 16.1. The molecule has 1 aliphatic rings. The van der Waals surface area contributed by atoms with Crippen LogP contribution in [0.25, 0.3) is 0 Å². The zero-order valence-corrected chi connectivity index (χ0v) is 12.0. The van der Waals surface area contributed by atoms with Crippen LogP contribution in [0.15, 0.2) is 0 Å². The Kier molecular flexibility index (Phi) is 4.72. The highest BCUT2D eigenvalue weighted by Gasteiger charge is 2.12. The first kappa shape index (κ1) is 13.5. The van der Waals surface area contributed by atoms with Gasteiger partial charge in [0.1, 0.15) is 0 Å². The Morgan fingerprint density at radius 1 is 1.39 bits per heavy atom. The zero-order valence-electron chi connectivity index (χ0n) is 11.2. The lowest BCUT2D eigenvalue weighted by Crippen LogP contribution is -2.34. The Balaban J connectivity index is 1.70. The van der Waals surface area contributed by atoms with Gasteiger partial charge in [0, 0.05) is 18.0 Å². The second-order valence-electron chi connectivity index (χ2n) is 4.82. The number of aryl methyl sites for hydroxylation is 2. The van der Waals surface area contributed by atoms with Gasteiger partial charge in [0.25, 0.3) is 0 Å². The molecule has 4 nitrogen and oxygen atoms in total. The van der Waals surface area contributed by atoms with Gasteiger partial charge in [-0.1, -0.05) is 0 Å². The summed E-state index contributed by atoms with van der Waals surface area (Å²) in [7, 11) is 0. The summed E-state index contributed by atoms with van der Waals surface area (Å²) in [6.45, 7) is 8.05. The molecule has 2 rings (SSSR count). The van der Waals surface area contributed by atoms with Crippen molar-refractivity contribution >= 4 is 17.2 Å². The number of carbonyl (C=O) groups is 1. The molecule has 5 heteroatoms. The second kappa shape index (κ2) is 6.29. The lowest BCUT2D eigenvalue weighted by atomic mass is 10.3. The Bertz CT molecular complexity index is 410. The molecule has 1 amide bonds. The summed E-state index contributed by atoms with van der Waals surface area (Å²) in [5.74, 6) is 0.112. The molecular formula is C13H21N3OS. The van der Waals surface area contributed by atoms with Gasteiger partial charge in [-0.2, -0.15) is 0 Å². The molecular weight excluding hydrogens is 246 g/mol. The van der Waals surface area contributed by atoms with E-state index in [0.717, 1.165) is 28.7 Å². The molecule has 1 aliphatic heterocycles. The molecule has 1 fully saturated rings. The molecule has 2 heterocycles. The third-order valence-corrected chi connectivity index (χ3v) is 4.34. The van der Waals surface area contributed by atoms with Crippen molar-refractivity contribution < 1.29 is 4.79 Å². The van der Waals surface area contributed by atoms with Gasteiger partial charge >= 0.3 is 0 Å². The van der Waals surface area contributed by atoms with Crippen LogP contribution in [0.1, 0.15) is 28.4 Å². The molecule has 0 spiro atoms. The fourth-order valence-electron chi connectivity index (χ4n) is 2.31. The molecule has 1 saturated heterocycles. The standard InChI is InChI=1S/C13H21N3OS/c1-10-12(18-11(2)15-10)9-13(17)14-5-8-16-6-3-4-7-16/h3-9H2,1-2H3,(H,14,17). The number of nitrogens with one attached hydrogen (secondary N) is 1. The van der Waals surface area contributed by atoms with Crippen LogP contribution in [0.5, 0.6) is 0 Å². The molecule has 0 unspecified atom stereocenters. The van der Waals surface area contributed by atoms with Gasteiger partial charge in [-0.3, -0.25) is 4.79 Å². The van der Waals surface area contributed by atoms with E-state index in [1.807, 2.05) is 13.8 Å². The summed E-state index contributed by atoms with van der Waals surface area (Å²) in [5.41, 5.74) is 0.993. The maximum Gasteiger partial charge on any atom is 0.225 e. The predicted molar refractivity (Wildman–Crippen MR) is 74.0 cm³/mol. The third-order valence-electron chi connectivity index (χ3n) is 3.27. The van der Waals surface area contributed by atoms with E-state index in [1.165, 1.54) is 25.9 Å². The summed E-state index contributed by atoms with van der Waals surface area (Å²) in [4.78, 5) is 19.6. The van der Waals surface area contributed by atoms with E-state index in [0.29, 0.717) is 6.42 Å². The number of rotatable bonds is 5. The van der Waals surface area contributed by atoms with E-state index in [-0.39, 0.29) is 5.91 Å². The van der Waals surface area contributed by atoms with Gasteiger partial charge in [0.05, 0.1) is 17.1 Å². The number of carbonyl (C=O) groups excluding carboxylic acids is 1. The Morgan fingerprint density at radius 2 is 2.11 bits per heavy atom. The average Bonchev–Trinajstić information content (AvgIpc) is 2.90. The summed E-state index contributed by atoms with van der Waals surface area (Å²) in [6, 6.07) is 0. The molecule has 0 radical (unpaired) electrons. The van der Waals surface area contributed by atoms with Gasteiger partial charge in [0.2, 0.25) is 5.91 Å². The maximum atomic E-state index is 11.8. The predicted octanol–water partition coefficient (Wildman–Crippen LogP) is 1.51. The Morgan fingerprint density at radius 3 is 2.72 bits per heavy atom. The van der Waals surface area contributed by atoms with Crippen LogP contribution in [0, 0.1) is 13.8 Å². The van der Waals surface area contributed by atoms with E-state index in [9.17, 15) is 4.79 Å². The smallest absolute Gasteiger partial charge is 0.225 e. The number of nitrogens with zero attached hydrogens (tertiary/aromatic N) is 2. The van der Waals surface area contributed by atoms with Crippen LogP contribution in [0.4, 0.5) is 0 Å². The number of hydrogen-bond acceptors (Lipinski definition) is 4. The molecule has 18 heavy (non-hydrogen) atoms. The van der Waals surface area contributed by atoms with Crippen molar-refractivity contribution in [2.75, 3.05) is 26.2 Å². The van der Waals surface area contributed by atoms with Crippen molar-refractivity contribution in [2.45, 2.75) is 33.1 Å². The Labute approximate surface area is 112 Å². The number of amides is 1. The van der Waals surface area contributed by atoms with E-state index in [4.69, 9.17) is 0 Å². The maximum absolute atomic E-state index is 11.8. The third kappa shape index (κ3) is 3.78. The lowest BCUT2D eigenvalue weighted by molar-refractivity contribution is -0.120. The van der Waals surface area contributed by atoms with Crippen molar-refractivity contribution in [2.24, 2.45) is 0 Å². The van der Waals surface area contributed by atoms with Crippen molar-refractivity contribution in [3.05, 3.63) is 15.6 Å². The van der Waals surface area contributed by atoms with Gasteiger partial charge in [-0.05, 0) is 39.8 Å². The van der Waals surface area contributed by atoms with E-state index >= 15 is 0 Å². The molecule has 0 bridgehead atoms. The van der Waals surface area contributed by atoms with Crippen LogP contribution in [0.2, 0.25) is 0 Å². The fourth-order valence-corrected chi connectivity index (χ4v) is 3.24. The van der Waals surface area contributed by atoms with E-state index in [2.05, 4.69) is 15.2 Å². The molecule has 0 aliphatic carbocycles. The van der Waals surface area contributed by atoms with Crippen molar-refractivity contribution in [1.29, 1.82) is 0 Å². The molecule has 1 aromatic heterocycles. The molecule has 0 aromatic carbocycles. The highest BCUT2D eigenvalue weighted by atomic mass is 32.1. The number of aromatic nitrogens is 1. The average molecular weight is 267 g/mol. The lowest BCUT2D eigenvalue weighted by Gasteiger charge is -2.14. The van der Waals surface area contributed by atoms with Crippen LogP contribution in [0.3, 0.4) is 0 Å². The molecule has 1 aromatic rings. The highest BCUT2D eigenvalue weighted by Crippen LogP contribution is 2.17. The zero-order chi connectivity index (χ0) is 13.0. The topological polar surface area (TPSA) is 45.2 Å². The minimum atomic E-state index is 0.112. The van der Waals surface area contributed by atoms with E-state index in [1.54, 1.807) is 11.3 Å². The van der Waals surface area contributed by atoms with Crippen molar-refractivity contribution in [3.8, 4) is 0 Å². The number of likely N-dealkylation sites (tertiary alicyclic amines) is 1. The van der Waals surface area contributed by atoms with Crippen molar-refractivity contribution in [1.82, 2.24) is 15.2 Å². The number of thiazole rings is 1. The van der Waals surface area contributed by atoms with Crippen molar-refractivity contribution in [3.63, 3.8) is 0 Å². The van der Waals surface area contributed by atoms with Crippen LogP contribution in [-0.2, 0) is 11.2 Å². The van der Waals surface area contributed by atoms with Crippen LogP contribution < -0.4 is 5.32 Å².